The lowest BCUT2D eigenvalue weighted by molar-refractivity contribution is -0.155. The lowest BCUT2D eigenvalue weighted by Crippen LogP contribution is -2.23. The minimum atomic E-state index is -0.515. The van der Waals surface area contributed by atoms with Crippen molar-refractivity contribution in [1.82, 2.24) is 9.13 Å². The molecule has 0 spiro atoms. The van der Waals surface area contributed by atoms with Crippen molar-refractivity contribution in [1.29, 1.82) is 0 Å². The van der Waals surface area contributed by atoms with Crippen LogP contribution in [0.15, 0.2) is 60.9 Å². The predicted molar refractivity (Wildman–Crippen MR) is 201 cm³/mol. The second-order valence-electron chi connectivity index (χ2n) is 13.5. The first-order valence-corrected chi connectivity index (χ1v) is 17.8. The minimum absolute atomic E-state index is 0.215. The molecule has 2 N–H and O–H groups in total. The number of nitrogens with zero attached hydrogens (tertiary/aromatic N) is 2. The molecule has 0 radical (unpaired) electrons. The van der Waals surface area contributed by atoms with Crippen LogP contribution in [0.2, 0.25) is 0 Å². The molecule has 0 fully saturated rings. The molecule has 53 heavy (non-hydrogen) atoms. The summed E-state index contributed by atoms with van der Waals surface area (Å²) in [6.45, 7) is 6.11. The number of carbonyl (C=O) groups is 5. The van der Waals surface area contributed by atoms with Crippen molar-refractivity contribution < 1.29 is 47.7 Å². The van der Waals surface area contributed by atoms with Crippen LogP contribution in [0.25, 0.3) is 21.8 Å². The van der Waals surface area contributed by atoms with Crippen LogP contribution in [-0.2, 0) is 38.1 Å². The third-order valence-electron chi connectivity index (χ3n) is 8.69. The summed E-state index contributed by atoms with van der Waals surface area (Å²) >= 11 is 0. The number of fused-ring (bicyclic) bond motifs is 2. The van der Waals surface area contributed by atoms with Gasteiger partial charge in [0.15, 0.2) is 0 Å². The average Bonchev–Trinajstić information content (AvgIpc) is 3.72. The van der Waals surface area contributed by atoms with Crippen molar-refractivity contribution in [2.75, 3.05) is 35.0 Å². The Hall–Kier alpha value is -5.17. The fourth-order valence-electron chi connectivity index (χ4n) is 6.23. The fraction of sp³-hybridized carbons (Fsp3) is 0.475. The standard InChI is InChI=1S/C23H31NO6.C17H22N2O4/c1-23(2,3)30-20(25)14-8-6-7-12-17(21(26)28-4)18-15-24(22(27)29-5)19-13-10-9-11-16(18)19;1-22-16(20)13(8-5-6-10-18)14-11-19(17(21)23-2)15-9-4-3-7-12(14)15/h9-11,13,15,17H,6-8,12,14H2,1-5H3;3-4,7,9,11,13H,5-6,8,10,18H2,1-2H3. The molecule has 0 aliphatic rings. The van der Waals surface area contributed by atoms with E-state index in [2.05, 4.69) is 0 Å². The summed E-state index contributed by atoms with van der Waals surface area (Å²) < 4.78 is 27.8. The largest absolute Gasteiger partial charge is 0.469 e. The topological polar surface area (TPSA) is 167 Å². The van der Waals surface area contributed by atoms with Crippen molar-refractivity contribution in [3.05, 3.63) is 72.1 Å². The molecule has 0 bridgehead atoms. The van der Waals surface area contributed by atoms with E-state index in [4.69, 9.17) is 29.4 Å². The lowest BCUT2D eigenvalue weighted by atomic mass is 9.92. The van der Waals surface area contributed by atoms with Crippen LogP contribution < -0.4 is 5.73 Å². The zero-order valence-electron chi connectivity index (χ0n) is 31.8. The number of rotatable bonds is 14. The van der Waals surface area contributed by atoms with Gasteiger partial charge in [0.2, 0.25) is 0 Å². The van der Waals surface area contributed by atoms with E-state index >= 15 is 0 Å². The van der Waals surface area contributed by atoms with Crippen LogP contribution in [0.5, 0.6) is 0 Å². The Morgan fingerprint density at radius 1 is 0.623 bits per heavy atom. The van der Waals surface area contributed by atoms with Gasteiger partial charge in [-0.15, -0.1) is 0 Å². The number of hydrogen-bond acceptors (Lipinski definition) is 11. The third-order valence-corrected chi connectivity index (χ3v) is 8.69. The molecule has 4 rings (SSSR count). The summed E-state index contributed by atoms with van der Waals surface area (Å²) in [5.74, 6) is -1.81. The first-order valence-electron chi connectivity index (χ1n) is 17.8. The second kappa shape index (κ2) is 20.2. The van der Waals surface area contributed by atoms with Gasteiger partial charge in [-0.1, -0.05) is 55.7 Å². The average molecular weight is 736 g/mol. The smallest absolute Gasteiger partial charge is 0.418 e. The Morgan fingerprint density at radius 2 is 1.06 bits per heavy atom. The maximum absolute atomic E-state index is 12.5. The SMILES string of the molecule is COC(=O)C(CCCCCC(=O)OC(C)(C)C)c1cn(C(=O)OC)c2ccccc12.COC(=O)C(CCCCN)c1cn(C(=O)OC)c2ccccc12. The van der Waals surface area contributed by atoms with Crippen LogP contribution in [0.1, 0.15) is 95.1 Å². The predicted octanol–water partition coefficient (Wildman–Crippen LogP) is 7.45. The van der Waals surface area contributed by atoms with Crippen LogP contribution in [0, 0.1) is 0 Å². The molecule has 4 aromatic rings. The van der Waals surface area contributed by atoms with Gasteiger partial charge in [0.05, 0.1) is 51.3 Å². The van der Waals surface area contributed by atoms with E-state index < -0.39 is 29.6 Å². The molecule has 0 aliphatic heterocycles. The molecule has 0 amide bonds. The van der Waals surface area contributed by atoms with Gasteiger partial charge in [-0.25, -0.2) is 9.59 Å². The summed E-state index contributed by atoms with van der Waals surface area (Å²) in [6.07, 6.45) is 7.69. The third kappa shape index (κ3) is 11.4. The van der Waals surface area contributed by atoms with Gasteiger partial charge >= 0.3 is 30.1 Å². The van der Waals surface area contributed by atoms with Gasteiger partial charge in [-0.2, -0.15) is 0 Å². The summed E-state index contributed by atoms with van der Waals surface area (Å²) in [5.41, 5.74) is 7.94. The normalized spacial score (nSPS) is 12.3. The molecular formula is C40H53N3O10. The zero-order valence-corrected chi connectivity index (χ0v) is 31.8. The van der Waals surface area contributed by atoms with Gasteiger partial charge in [0.25, 0.3) is 0 Å². The van der Waals surface area contributed by atoms with Crippen LogP contribution in [0.3, 0.4) is 0 Å². The van der Waals surface area contributed by atoms with E-state index in [-0.39, 0.29) is 17.9 Å². The molecule has 0 aliphatic carbocycles. The van der Waals surface area contributed by atoms with Crippen molar-refractivity contribution in [2.24, 2.45) is 5.73 Å². The first kappa shape index (κ1) is 42.2. The molecule has 13 heteroatoms. The molecule has 2 unspecified atom stereocenters. The van der Waals surface area contributed by atoms with Crippen LogP contribution in [-0.4, -0.2) is 79.8 Å². The number of benzene rings is 2. The summed E-state index contributed by atoms with van der Waals surface area (Å²) in [4.78, 5) is 60.7. The second-order valence-corrected chi connectivity index (χ2v) is 13.5. The molecule has 2 aromatic carbocycles. The molecule has 288 valence electrons. The highest BCUT2D eigenvalue weighted by atomic mass is 16.6. The Morgan fingerprint density at radius 3 is 1.45 bits per heavy atom. The summed E-state index contributed by atoms with van der Waals surface area (Å²) in [5, 5.41) is 1.66. The number of hydrogen-bond donors (Lipinski definition) is 1. The van der Waals surface area contributed by atoms with E-state index in [0.29, 0.717) is 43.3 Å². The van der Waals surface area contributed by atoms with E-state index in [1.807, 2.05) is 69.3 Å². The molecule has 13 nitrogen and oxygen atoms in total. The van der Waals surface area contributed by atoms with Crippen molar-refractivity contribution in [3.8, 4) is 0 Å². The van der Waals surface area contributed by atoms with E-state index in [0.717, 1.165) is 47.6 Å². The zero-order chi connectivity index (χ0) is 39.1. The number of nitrogens with two attached hydrogens (primary N) is 1. The molecule has 2 aromatic heterocycles. The van der Waals surface area contributed by atoms with Gasteiger partial charge in [-0.3, -0.25) is 23.5 Å². The summed E-state index contributed by atoms with van der Waals surface area (Å²) in [6, 6.07) is 14.8. The number of esters is 3. The van der Waals surface area contributed by atoms with E-state index in [1.54, 1.807) is 12.4 Å². The Kier molecular flexibility index (Phi) is 16.1. The Labute approximate surface area is 310 Å². The van der Waals surface area contributed by atoms with E-state index in [9.17, 15) is 24.0 Å². The number of carbonyl (C=O) groups excluding carboxylic acids is 5. The minimum Gasteiger partial charge on any atom is -0.469 e. The number of ether oxygens (including phenoxy) is 5. The van der Waals surface area contributed by atoms with Crippen LogP contribution in [0.4, 0.5) is 9.59 Å². The highest BCUT2D eigenvalue weighted by molar-refractivity contribution is 5.96. The molecule has 0 saturated heterocycles. The first-order chi connectivity index (χ1) is 25.3. The monoisotopic (exact) mass is 735 g/mol. The highest BCUT2D eigenvalue weighted by Gasteiger charge is 2.28. The van der Waals surface area contributed by atoms with Crippen molar-refractivity contribution >= 4 is 51.9 Å². The fourth-order valence-corrected chi connectivity index (χ4v) is 6.23. The Bertz CT molecular complexity index is 1850. The number of unbranched alkanes of at least 4 members (excludes halogenated alkanes) is 3. The molecule has 2 atom stereocenters. The van der Waals surface area contributed by atoms with E-state index in [1.165, 1.54) is 37.6 Å². The Balaban J connectivity index is 0.000000295. The van der Waals surface area contributed by atoms with Gasteiger partial charge in [0.1, 0.15) is 5.60 Å². The maximum atomic E-state index is 12.5. The van der Waals surface area contributed by atoms with Gasteiger partial charge in [-0.05, 0) is 76.3 Å². The van der Waals surface area contributed by atoms with Crippen molar-refractivity contribution in [2.45, 2.75) is 89.6 Å². The maximum Gasteiger partial charge on any atom is 0.418 e. The van der Waals surface area contributed by atoms with Crippen molar-refractivity contribution in [3.63, 3.8) is 0 Å². The number of aromatic nitrogens is 2. The van der Waals surface area contributed by atoms with Gasteiger partial charge in [0, 0.05) is 29.6 Å². The quantitative estimate of drug-likeness (QED) is 0.0776. The molecule has 2 heterocycles. The van der Waals surface area contributed by atoms with Gasteiger partial charge < -0.3 is 29.4 Å². The lowest BCUT2D eigenvalue weighted by Gasteiger charge is -2.19. The highest BCUT2D eigenvalue weighted by Crippen LogP contribution is 2.34. The molecule has 0 saturated carbocycles. The number of para-hydroxylation sites is 2. The molecular weight excluding hydrogens is 682 g/mol. The number of methoxy groups -OCH3 is 4. The summed E-state index contributed by atoms with van der Waals surface area (Å²) in [7, 11) is 5.38. The van der Waals surface area contributed by atoms with Crippen LogP contribution >= 0.6 is 0 Å².